The molecule has 2 heterocycles. The number of rotatable bonds is 8. The molecule has 0 spiro atoms. The van der Waals surface area contributed by atoms with Crippen LogP contribution in [0.25, 0.3) is 11.3 Å². The molecule has 0 amide bonds. The molecule has 0 fully saturated rings. The number of aromatic nitrogens is 2. The van der Waals surface area contributed by atoms with Gasteiger partial charge in [-0.05, 0) is 36.9 Å². The number of pyridine rings is 1. The summed E-state index contributed by atoms with van der Waals surface area (Å²) in [6.07, 6.45) is 4.50. The molecule has 10 nitrogen and oxygen atoms in total. The molecular weight excluding hydrogens is 531 g/mol. The lowest BCUT2D eigenvalue weighted by atomic mass is 10.1. The van der Waals surface area contributed by atoms with Gasteiger partial charge in [0.1, 0.15) is 10.7 Å². The van der Waals surface area contributed by atoms with Gasteiger partial charge < -0.3 is 5.32 Å². The molecule has 0 atom stereocenters. The van der Waals surface area contributed by atoms with E-state index in [4.69, 9.17) is 0 Å². The molecule has 0 saturated carbocycles. The van der Waals surface area contributed by atoms with Crippen molar-refractivity contribution in [1.29, 1.82) is 0 Å². The first-order valence-corrected chi connectivity index (χ1v) is 14.4. The summed E-state index contributed by atoms with van der Waals surface area (Å²) in [6.45, 7) is 0.290. The average Bonchev–Trinajstić information content (AvgIpc) is 3.11. The van der Waals surface area contributed by atoms with E-state index in [1.807, 2.05) is 0 Å². The van der Waals surface area contributed by atoms with E-state index in [1.54, 1.807) is 13.1 Å². The van der Waals surface area contributed by atoms with Crippen LogP contribution in [0.4, 0.5) is 10.1 Å². The lowest BCUT2D eigenvalue weighted by Gasteiger charge is -2.20. The number of benzene rings is 1. The number of halogens is 2. The fourth-order valence-corrected chi connectivity index (χ4v) is 7.56. The van der Waals surface area contributed by atoms with Gasteiger partial charge in [0.25, 0.3) is 10.0 Å². The van der Waals surface area contributed by atoms with Gasteiger partial charge >= 0.3 is 0 Å². The van der Waals surface area contributed by atoms with E-state index in [-0.39, 0.29) is 33.9 Å². The highest BCUT2D eigenvalue weighted by molar-refractivity contribution is 8.09. The first-order chi connectivity index (χ1) is 15.3. The predicted octanol–water partition coefficient (Wildman–Crippen LogP) is 1.79. The van der Waals surface area contributed by atoms with Gasteiger partial charge in [-0.1, -0.05) is 12.1 Å². The summed E-state index contributed by atoms with van der Waals surface area (Å²) in [6, 6.07) is 8.01. The second kappa shape index (κ2) is 10.00. The minimum atomic E-state index is -4.44. The number of hydrogen-bond acceptors (Lipinski definition) is 8. The van der Waals surface area contributed by atoms with Crippen molar-refractivity contribution in [3.8, 4) is 11.3 Å². The maximum Gasteiger partial charge on any atom is 0.269 e. The highest BCUT2D eigenvalue weighted by Crippen LogP contribution is 2.30. The van der Waals surface area contributed by atoms with Crippen LogP contribution < -0.4 is 9.03 Å². The normalized spacial score (nSPS) is 12.2. The third kappa shape index (κ3) is 5.58. The Balaban J connectivity index is 0.00000408. The fraction of sp³-hybridized carbons (Fsp3) is 0.211. The summed E-state index contributed by atoms with van der Waals surface area (Å²) in [5.41, 5.74) is 0.127. The molecule has 0 aliphatic carbocycles. The zero-order valence-electron chi connectivity index (χ0n) is 18.2. The summed E-state index contributed by atoms with van der Waals surface area (Å²) in [5, 5.41) is 2.88. The van der Waals surface area contributed by atoms with Crippen LogP contribution in [0.1, 0.15) is 5.56 Å². The molecule has 186 valence electrons. The predicted molar refractivity (Wildman–Crippen MR) is 129 cm³/mol. The molecule has 0 radical (unpaired) electrons. The molecule has 0 unspecified atom stereocenters. The number of anilines is 1. The van der Waals surface area contributed by atoms with Crippen molar-refractivity contribution in [1.82, 2.24) is 14.3 Å². The van der Waals surface area contributed by atoms with E-state index in [0.29, 0.717) is 18.1 Å². The monoisotopic (exact) mass is 552 g/mol. The molecule has 1 aromatic carbocycles. The molecule has 0 aliphatic heterocycles. The summed E-state index contributed by atoms with van der Waals surface area (Å²) in [4.78, 5) is 3.25. The van der Waals surface area contributed by atoms with Crippen LogP contribution >= 0.6 is 12.4 Å². The number of sulfonamides is 2. The lowest BCUT2D eigenvalue weighted by Crippen LogP contribution is -2.35. The van der Waals surface area contributed by atoms with Crippen LogP contribution in [0.15, 0.2) is 59.9 Å². The Morgan fingerprint density at radius 2 is 1.62 bits per heavy atom. The third-order valence-electron chi connectivity index (χ3n) is 4.44. The Labute approximate surface area is 204 Å². The number of nitrogens with zero attached hydrogens (tertiary/aromatic N) is 3. The Morgan fingerprint density at radius 1 is 1.00 bits per heavy atom. The van der Waals surface area contributed by atoms with Gasteiger partial charge in [0.15, 0.2) is 0 Å². The zero-order valence-corrected chi connectivity index (χ0v) is 21.5. The van der Waals surface area contributed by atoms with Crippen molar-refractivity contribution in [3.05, 3.63) is 66.4 Å². The lowest BCUT2D eigenvalue weighted by molar-refractivity contribution is 0.584. The second-order valence-electron chi connectivity index (χ2n) is 7.15. The maximum absolute atomic E-state index is 14.5. The average molecular weight is 553 g/mol. The van der Waals surface area contributed by atoms with Gasteiger partial charge in [0, 0.05) is 24.5 Å². The smallest absolute Gasteiger partial charge is 0.269 e. The molecule has 3 rings (SSSR count). The van der Waals surface area contributed by atoms with E-state index < -0.39 is 46.5 Å². The zero-order chi connectivity index (χ0) is 24.6. The molecule has 3 aromatic rings. The first kappa shape index (κ1) is 27.7. The minimum absolute atomic E-state index is 0. The van der Waals surface area contributed by atoms with Crippen LogP contribution in [0, 0.1) is 5.82 Å². The quantitative estimate of drug-likeness (QED) is 0.447. The maximum atomic E-state index is 14.5. The first-order valence-electron chi connectivity index (χ1n) is 9.28. The van der Waals surface area contributed by atoms with Gasteiger partial charge in [-0.25, -0.2) is 33.6 Å². The van der Waals surface area contributed by atoms with Crippen molar-refractivity contribution in [2.45, 2.75) is 11.4 Å². The van der Waals surface area contributed by atoms with E-state index >= 15 is 0 Å². The molecule has 34 heavy (non-hydrogen) atoms. The van der Waals surface area contributed by atoms with Gasteiger partial charge in [-0.2, -0.15) is 3.71 Å². The minimum Gasteiger partial charge on any atom is -0.316 e. The Bertz CT molecular complexity index is 1490. The largest absolute Gasteiger partial charge is 0.316 e. The Morgan fingerprint density at radius 3 is 2.18 bits per heavy atom. The van der Waals surface area contributed by atoms with Crippen molar-refractivity contribution < 1.29 is 29.6 Å². The fourth-order valence-electron chi connectivity index (χ4n) is 3.25. The third-order valence-corrected chi connectivity index (χ3v) is 9.33. The van der Waals surface area contributed by atoms with Crippen LogP contribution in [0.3, 0.4) is 0 Å². The van der Waals surface area contributed by atoms with Gasteiger partial charge in [-0.3, -0.25) is 4.98 Å². The van der Waals surface area contributed by atoms with Crippen molar-refractivity contribution >= 4 is 48.2 Å². The van der Waals surface area contributed by atoms with Crippen LogP contribution in [0.2, 0.25) is 0 Å². The molecule has 0 bridgehead atoms. The number of hydrogen-bond donors (Lipinski definition) is 1. The molecule has 15 heteroatoms. The van der Waals surface area contributed by atoms with E-state index in [1.165, 1.54) is 30.5 Å². The van der Waals surface area contributed by atoms with Gasteiger partial charge in [0.05, 0.1) is 30.1 Å². The Hall–Kier alpha value is -2.52. The number of nitrogens with one attached hydrogen (secondary N) is 1. The summed E-state index contributed by atoms with van der Waals surface area (Å²) in [7, 11) is -11.4. The van der Waals surface area contributed by atoms with Gasteiger partial charge in [-0.15, -0.1) is 12.4 Å². The topological polar surface area (TPSA) is 136 Å². The molecular formula is C19H22ClFN4O6S3. The van der Waals surface area contributed by atoms with Crippen LogP contribution in [0.5, 0.6) is 0 Å². The van der Waals surface area contributed by atoms with Crippen LogP contribution in [-0.2, 0) is 36.6 Å². The van der Waals surface area contributed by atoms with Gasteiger partial charge in [0.2, 0.25) is 20.0 Å². The summed E-state index contributed by atoms with van der Waals surface area (Å²) in [5.74, 6) is -0.643. The summed E-state index contributed by atoms with van der Waals surface area (Å²) >= 11 is 0. The standard InChI is InChI=1S/C19H21FN4O6S3.ClH/c1-21-10-14-8-19(17-6-4-5-7-18(17)20)23(13-14)33(29,30)16-9-15(11-22-12-16)24(31(2,25)26)32(3,27)28;/h4-9,11-13,21H,10H2,1-3H3;1H. The van der Waals surface area contributed by atoms with Crippen molar-refractivity contribution in [2.75, 3.05) is 23.3 Å². The van der Waals surface area contributed by atoms with E-state index in [0.717, 1.165) is 22.4 Å². The highest BCUT2D eigenvalue weighted by atomic mass is 35.5. The van der Waals surface area contributed by atoms with E-state index in [2.05, 4.69) is 10.3 Å². The van der Waals surface area contributed by atoms with Crippen LogP contribution in [-0.4, -0.2) is 53.8 Å². The Kier molecular flexibility index (Phi) is 8.15. The highest BCUT2D eigenvalue weighted by Gasteiger charge is 2.30. The summed E-state index contributed by atoms with van der Waals surface area (Å²) < 4.78 is 90.7. The van der Waals surface area contributed by atoms with E-state index in [9.17, 15) is 29.6 Å². The molecule has 2 aromatic heterocycles. The van der Waals surface area contributed by atoms with Crippen molar-refractivity contribution in [3.63, 3.8) is 0 Å². The molecule has 0 aliphatic rings. The SMILES string of the molecule is CNCc1cc(-c2ccccc2F)n(S(=O)(=O)c2cncc(N(S(C)(=O)=O)S(C)(=O)=O)c2)c1.Cl. The van der Waals surface area contributed by atoms with Crippen molar-refractivity contribution in [2.24, 2.45) is 0 Å². The second-order valence-corrected chi connectivity index (χ2v) is 12.9. The molecule has 0 saturated heterocycles. The molecule has 1 N–H and O–H groups in total.